The van der Waals surface area contributed by atoms with Gasteiger partial charge in [-0.15, -0.1) is 4.40 Å². The molecule has 0 spiro atoms. The lowest BCUT2D eigenvalue weighted by Crippen LogP contribution is -2.35. The molecule has 0 unspecified atom stereocenters. The SMILES string of the molecule is CCCN(CC1=NS(=O)(=O)c2ccccc2N1)Cc1ccccc1O. The minimum Gasteiger partial charge on any atom is -0.508 e. The summed E-state index contributed by atoms with van der Waals surface area (Å²) in [6, 6.07) is 13.9. The van der Waals surface area contributed by atoms with Gasteiger partial charge in [0.2, 0.25) is 0 Å². The minimum absolute atomic E-state index is 0.196. The second kappa shape index (κ2) is 7.25. The van der Waals surface area contributed by atoms with Gasteiger partial charge in [0.05, 0.1) is 12.2 Å². The molecule has 0 bridgehead atoms. The normalized spacial score (nSPS) is 15.4. The maximum Gasteiger partial charge on any atom is 0.286 e. The molecule has 0 saturated carbocycles. The van der Waals surface area contributed by atoms with E-state index in [4.69, 9.17) is 0 Å². The second-order valence-corrected chi connectivity index (χ2v) is 7.55. The van der Waals surface area contributed by atoms with Crippen molar-refractivity contribution >= 4 is 21.5 Å². The van der Waals surface area contributed by atoms with E-state index in [9.17, 15) is 13.5 Å². The third kappa shape index (κ3) is 4.00. The predicted octanol–water partition coefficient (Wildman–Crippen LogP) is 2.82. The maximum atomic E-state index is 12.3. The summed E-state index contributed by atoms with van der Waals surface area (Å²) in [7, 11) is -3.68. The number of hydrogen-bond acceptors (Lipinski definition) is 5. The molecule has 2 N–H and O–H groups in total. The van der Waals surface area contributed by atoms with Crippen LogP contribution in [0.25, 0.3) is 0 Å². The van der Waals surface area contributed by atoms with Crippen molar-refractivity contribution in [1.29, 1.82) is 0 Å². The van der Waals surface area contributed by atoms with Crippen LogP contribution < -0.4 is 5.32 Å². The van der Waals surface area contributed by atoms with Gasteiger partial charge in [0.15, 0.2) is 0 Å². The Hall–Kier alpha value is -2.38. The van der Waals surface area contributed by atoms with E-state index >= 15 is 0 Å². The third-order valence-corrected chi connectivity index (χ3v) is 5.35. The van der Waals surface area contributed by atoms with Gasteiger partial charge in [-0.3, -0.25) is 4.90 Å². The average molecular weight is 359 g/mol. The van der Waals surface area contributed by atoms with Crippen LogP contribution in [-0.4, -0.2) is 37.3 Å². The molecule has 0 amide bonds. The summed E-state index contributed by atoms with van der Waals surface area (Å²) in [5.74, 6) is 0.627. The van der Waals surface area contributed by atoms with Gasteiger partial charge in [-0.1, -0.05) is 37.3 Å². The Balaban J connectivity index is 1.81. The summed E-state index contributed by atoms with van der Waals surface area (Å²) in [6.07, 6.45) is 0.907. The molecule has 0 saturated heterocycles. The molecule has 132 valence electrons. The van der Waals surface area contributed by atoms with Crippen molar-refractivity contribution in [2.75, 3.05) is 18.4 Å². The van der Waals surface area contributed by atoms with Crippen molar-refractivity contribution in [1.82, 2.24) is 4.90 Å². The molecule has 2 aromatic carbocycles. The smallest absolute Gasteiger partial charge is 0.286 e. The zero-order valence-corrected chi connectivity index (χ0v) is 14.8. The molecule has 1 aliphatic heterocycles. The van der Waals surface area contributed by atoms with Crippen molar-refractivity contribution < 1.29 is 13.5 Å². The molecule has 25 heavy (non-hydrogen) atoms. The van der Waals surface area contributed by atoms with Crippen molar-refractivity contribution in [2.45, 2.75) is 24.8 Å². The highest BCUT2D eigenvalue weighted by Crippen LogP contribution is 2.27. The summed E-state index contributed by atoms with van der Waals surface area (Å²) in [5, 5.41) is 13.1. The number of benzene rings is 2. The fraction of sp³-hybridized carbons (Fsp3) is 0.278. The first-order valence-electron chi connectivity index (χ1n) is 8.18. The number of para-hydroxylation sites is 2. The van der Waals surface area contributed by atoms with Crippen molar-refractivity contribution in [3.8, 4) is 5.75 Å². The Kier molecular flexibility index (Phi) is 5.06. The molecule has 3 rings (SSSR count). The number of nitrogens with zero attached hydrogens (tertiary/aromatic N) is 2. The molecule has 2 aromatic rings. The molecule has 6 nitrogen and oxygen atoms in total. The Morgan fingerprint density at radius 2 is 1.80 bits per heavy atom. The highest BCUT2D eigenvalue weighted by molar-refractivity contribution is 7.90. The van der Waals surface area contributed by atoms with E-state index in [1.165, 1.54) is 0 Å². The lowest BCUT2D eigenvalue weighted by atomic mass is 10.2. The number of rotatable bonds is 6. The molecule has 7 heteroatoms. The van der Waals surface area contributed by atoms with E-state index in [1.807, 2.05) is 12.1 Å². The molecule has 1 heterocycles. The van der Waals surface area contributed by atoms with E-state index in [-0.39, 0.29) is 10.6 Å². The van der Waals surface area contributed by atoms with Gasteiger partial charge in [-0.05, 0) is 31.2 Å². The van der Waals surface area contributed by atoms with Crippen LogP contribution >= 0.6 is 0 Å². The van der Waals surface area contributed by atoms with Crippen LogP contribution in [0, 0.1) is 0 Å². The number of nitrogens with one attached hydrogen (secondary N) is 1. The molecule has 0 aliphatic carbocycles. The van der Waals surface area contributed by atoms with Crippen molar-refractivity contribution in [3.63, 3.8) is 0 Å². The molecule has 0 fully saturated rings. The largest absolute Gasteiger partial charge is 0.508 e. The number of sulfonamides is 1. The number of aromatic hydroxyl groups is 1. The summed E-state index contributed by atoms with van der Waals surface area (Å²) >= 11 is 0. The number of anilines is 1. The van der Waals surface area contributed by atoms with Crippen molar-refractivity contribution in [3.05, 3.63) is 54.1 Å². The van der Waals surface area contributed by atoms with Crippen molar-refractivity contribution in [2.24, 2.45) is 4.40 Å². The van der Waals surface area contributed by atoms with E-state index in [1.54, 1.807) is 36.4 Å². The van der Waals surface area contributed by atoms with Crippen LogP contribution in [0.5, 0.6) is 5.75 Å². The van der Waals surface area contributed by atoms with Gasteiger partial charge in [-0.25, -0.2) is 0 Å². The fourth-order valence-electron chi connectivity index (χ4n) is 2.86. The molecule has 0 aromatic heterocycles. The zero-order chi connectivity index (χ0) is 17.9. The standard InChI is InChI=1S/C18H21N3O3S/c1-2-11-21(12-14-7-3-5-9-16(14)22)13-18-19-15-8-4-6-10-17(15)25(23,24)20-18/h3-10,22H,2,11-13H2,1H3,(H,19,20). The lowest BCUT2D eigenvalue weighted by Gasteiger charge is -2.25. The molecular formula is C18H21N3O3S. The monoisotopic (exact) mass is 359 g/mol. The van der Waals surface area contributed by atoms with E-state index < -0.39 is 10.0 Å². The zero-order valence-electron chi connectivity index (χ0n) is 14.0. The number of phenols is 1. The first-order chi connectivity index (χ1) is 12.0. The van der Waals surface area contributed by atoms with Crippen LogP contribution in [0.15, 0.2) is 57.8 Å². The van der Waals surface area contributed by atoms with Crippen LogP contribution in [-0.2, 0) is 16.6 Å². The van der Waals surface area contributed by atoms with Crippen LogP contribution in [0.3, 0.4) is 0 Å². The number of hydrogen-bond donors (Lipinski definition) is 2. The topological polar surface area (TPSA) is 82.0 Å². The predicted molar refractivity (Wildman–Crippen MR) is 98.4 cm³/mol. The summed E-state index contributed by atoms with van der Waals surface area (Å²) in [5.41, 5.74) is 1.35. The van der Waals surface area contributed by atoms with Gasteiger partial charge >= 0.3 is 0 Å². The summed E-state index contributed by atoms with van der Waals surface area (Å²) in [4.78, 5) is 2.26. The Bertz CT molecular complexity index is 894. The number of phenolic OH excluding ortho intramolecular Hbond substituents is 1. The second-order valence-electron chi connectivity index (χ2n) is 5.97. The van der Waals surface area contributed by atoms with Gasteiger partial charge in [0.25, 0.3) is 10.0 Å². The van der Waals surface area contributed by atoms with Crippen LogP contribution in [0.2, 0.25) is 0 Å². The Morgan fingerprint density at radius 3 is 2.56 bits per heavy atom. The van der Waals surface area contributed by atoms with E-state index in [0.29, 0.717) is 24.6 Å². The van der Waals surface area contributed by atoms with E-state index in [0.717, 1.165) is 18.5 Å². The molecular weight excluding hydrogens is 338 g/mol. The first-order valence-corrected chi connectivity index (χ1v) is 9.62. The van der Waals surface area contributed by atoms with Crippen LogP contribution in [0.1, 0.15) is 18.9 Å². The fourth-order valence-corrected chi connectivity index (χ4v) is 4.00. The number of fused-ring (bicyclic) bond motifs is 1. The van der Waals surface area contributed by atoms with Gasteiger partial charge in [0, 0.05) is 12.1 Å². The lowest BCUT2D eigenvalue weighted by molar-refractivity contribution is 0.298. The summed E-state index contributed by atoms with van der Waals surface area (Å²) < 4.78 is 28.6. The highest BCUT2D eigenvalue weighted by Gasteiger charge is 2.25. The van der Waals surface area contributed by atoms with E-state index in [2.05, 4.69) is 21.5 Å². The third-order valence-electron chi connectivity index (χ3n) is 3.97. The quantitative estimate of drug-likeness (QED) is 0.829. The Morgan fingerprint density at radius 1 is 1.08 bits per heavy atom. The molecule has 0 radical (unpaired) electrons. The van der Waals surface area contributed by atoms with Gasteiger partial charge in [0.1, 0.15) is 16.5 Å². The Labute approximate surface area is 147 Å². The van der Waals surface area contributed by atoms with Gasteiger partial charge in [-0.2, -0.15) is 8.42 Å². The average Bonchev–Trinajstić information content (AvgIpc) is 2.56. The minimum atomic E-state index is -3.68. The number of amidine groups is 1. The highest BCUT2D eigenvalue weighted by atomic mass is 32.2. The summed E-state index contributed by atoms with van der Waals surface area (Å²) in [6.45, 7) is 3.69. The van der Waals surface area contributed by atoms with Gasteiger partial charge < -0.3 is 10.4 Å². The van der Waals surface area contributed by atoms with Crippen LogP contribution in [0.4, 0.5) is 5.69 Å². The maximum absolute atomic E-state index is 12.3. The molecule has 0 atom stereocenters. The first kappa shape index (κ1) is 17.4. The molecule has 1 aliphatic rings.